The molecule has 0 radical (unpaired) electrons. The van der Waals surface area contributed by atoms with E-state index in [2.05, 4.69) is 219 Å². The van der Waals surface area contributed by atoms with Gasteiger partial charge in [0.15, 0.2) is 0 Å². The molecular weight excluding hydrogens is 627 g/mol. The molecule has 0 atom stereocenters. The van der Waals surface area contributed by atoms with Crippen molar-refractivity contribution in [1.29, 1.82) is 0 Å². The van der Waals surface area contributed by atoms with Gasteiger partial charge < -0.3 is 4.90 Å². The van der Waals surface area contributed by atoms with E-state index in [4.69, 9.17) is 0 Å². The largest absolute Gasteiger partial charge is 0.311 e. The summed E-state index contributed by atoms with van der Waals surface area (Å²) in [5.74, 6) is 0. The standard InChI is InChI=1S/C51H39N/c1-51(2,41-27-34-49-47-19-10-9-17-45(47)46-18-11-12-20-48(46)50(49)35-41)40-25-32-44(33-26-40)52(42-28-21-38(22-29-42)36-13-5-3-6-14-36)43-30-23-39(24-31-43)37-15-7-4-8-16-37/h3-35H,1-2H3. The molecule has 0 amide bonds. The molecule has 0 aliphatic carbocycles. The highest BCUT2D eigenvalue weighted by atomic mass is 15.1. The average molecular weight is 666 g/mol. The first-order chi connectivity index (χ1) is 25.5. The second kappa shape index (κ2) is 13.0. The Hall–Kier alpha value is -6.44. The molecule has 0 saturated carbocycles. The summed E-state index contributed by atoms with van der Waals surface area (Å²) in [5, 5.41) is 7.83. The summed E-state index contributed by atoms with van der Waals surface area (Å²) >= 11 is 0. The minimum atomic E-state index is -0.209. The molecule has 0 bridgehead atoms. The van der Waals surface area contributed by atoms with E-state index in [0.717, 1.165) is 17.1 Å². The van der Waals surface area contributed by atoms with Crippen molar-refractivity contribution < 1.29 is 0 Å². The lowest BCUT2D eigenvalue weighted by Crippen LogP contribution is -2.19. The van der Waals surface area contributed by atoms with Gasteiger partial charge in [-0.25, -0.2) is 0 Å². The molecule has 0 aromatic heterocycles. The van der Waals surface area contributed by atoms with Crippen LogP contribution in [0.2, 0.25) is 0 Å². The molecule has 0 aliphatic heterocycles. The lowest BCUT2D eigenvalue weighted by Gasteiger charge is -2.29. The molecule has 0 saturated heterocycles. The first-order valence-corrected chi connectivity index (χ1v) is 18.1. The van der Waals surface area contributed by atoms with Crippen molar-refractivity contribution in [1.82, 2.24) is 0 Å². The average Bonchev–Trinajstić information content (AvgIpc) is 3.22. The molecular formula is C51H39N. The first-order valence-electron chi connectivity index (χ1n) is 18.1. The van der Waals surface area contributed by atoms with Crippen LogP contribution in [0, 0.1) is 0 Å². The molecule has 1 heteroatoms. The molecule has 0 fully saturated rings. The third kappa shape index (κ3) is 5.61. The monoisotopic (exact) mass is 665 g/mol. The summed E-state index contributed by atoms with van der Waals surface area (Å²) in [6.45, 7) is 4.68. The second-order valence-electron chi connectivity index (χ2n) is 14.2. The van der Waals surface area contributed by atoms with E-state index < -0.39 is 0 Å². The quantitative estimate of drug-likeness (QED) is 0.153. The second-order valence-corrected chi connectivity index (χ2v) is 14.2. The van der Waals surface area contributed by atoms with Gasteiger partial charge in [0.25, 0.3) is 0 Å². The maximum atomic E-state index is 2.42. The van der Waals surface area contributed by atoms with Crippen molar-refractivity contribution in [2.24, 2.45) is 0 Å². The Kier molecular flexibility index (Phi) is 7.90. The number of fused-ring (bicyclic) bond motifs is 6. The van der Waals surface area contributed by atoms with E-state index in [1.54, 1.807) is 0 Å². The summed E-state index contributed by atoms with van der Waals surface area (Å²) in [7, 11) is 0. The van der Waals surface area contributed by atoms with Crippen molar-refractivity contribution in [3.8, 4) is 22.3 Å². The minimum absolute atomic E-state index is 0.209. The van der Waals surface area contributed by atoms with E-state index in [-0.39, 0.29) is 5.41 Å². The van der Waals surface area contributed by atoms with Gasteiger partial charge in [-0.2, -0.15) is 0 Å². The zero-order valence-electron chi connectivity index (χ0n) is 29.5. The van der Waals surface area contributed by atoms with Crippen molar-refractivity contribution in [2.75, 3.05) is 4.90 Å². The van der Waals surface area contributed by atoms with Crippen molar-refractivity contribution in [3.05, 3.63) is 211 Å². The normalized spacial score (nSPS) is 11.7. The molecule has 0 heterocycles. The van der Waals surface area contributed by atoms with Gasteiger partial charge in [-0.1, -0.05) is 172 Å². The van der Waals surface area contributed by atoms with Crippen LogP contribution in [0.4, 0.5) is 17.1 Å². The fourth-order valence-corrected chi connectivity index (χ4v) is 7.80. The summed E-state index contributed by atoms with van der Waals surface area (Å²) in [6.07, 6.45) is 0. The van der Waals surface area contributed by atoms with E-state index in [1.165, 1.54) is 65.7 Å². The topological polar surface area (TPSA) is 3.24 Å². The molecule has 9 aromatic rings. The SMILES string of the molecule is CC(C)(c1ccc(N(c2ccc(-c3ccccc3)cc2)c2ccc(-c3ccccc3)cc2)cc1)c1ccc2c3ccccc3c3ccccc3c2c1. The van der Waals surface area contributed by atoms with Gasteiger partial charge in [0, 0.05) is 22.5 Å². The Bertz CT molecular complexity index is 2540. The molecule has 248 valence electrons. The maximum absolute atomic E-state index is 2.42. The van der Waals surface area contributed by atoms with Crippen LogP contribution in [0.5, 0.6) is 0 Å². The number of nitrogens with zero attached hydrogens (tertiary/aromatic N) is 1. The first kappa shape index (κ1) is 31.5. The van der Waals surface area contributed by atoms with E-state index in [1.807, 2.05) is 0 Å². The van der Waals surface area contributed by atoms with Gasteiger partial charge in [-0.05, 0) is 108 Å². The van der Waals surface area contributed by atoms with Gasteiger partial charge in [0.1, 0.15) is 0 Å². The predicted molar refractivity (Wildman–Crippen MR) is 223 cm³/mol. The van der Waals surface area contributed by atoms with E-state index in [0.29, 0.717) is 0 Å². The molecule has 0 unspecified atom stereocenters. The fourth-order valence-electron chi connectivity index (χ4n) is 7.80. The lowest BCUT2D eigenvalue weighted by molar-refractivity contribution is 0.642. The zero-order valence-corrected chi connectivity index (χ0v) is 29.5. The maximum Gasteiger partial charge on any atom is 0.0462 e. The van der Waals surface area contributed by atoms with Gasteiger partial charge in [-0.15, -0.1) is 0 Å². The molecule has 9 aromatic carbocycles. The van der Waals surface area contributed by atoms with Gasteiger partial charge in [0.2, 0.25) is 0 Å². The molecule has 1 nitrogen and oxygen atoms in total. The van der Waals surface area contributed by atoms with Crippen LogP contribution < -0.4 is 4.90 Å². The number of hydrogen-bond acceptors (Lipinski definition) is 1. The van der Waals surface area contributed by atoms with Crippen LogP contribution in [0.3, 0.4) is 0 Å². The van der Waals surface area contributed by atoms with E-state index in [9.17, 15) is 0 Å². The summed E-state index contributed by atoms with van der Waals surface area (Å²) in [5.41, 5.74) is 10.6. The highest BCUT2D eigenvalue weighted by Crippen LogP contribution is 2.41. The van der Waals surface area contributed by atoms with Gasteiger partial charge in [0.05, 0.1) is 0 Å². The summed E-state index contributed by atoms with van der Waals surface area (Å²) in [6, 6.07) is 72.8. The Morgan fingerprint density at radius 3 is 1.06 bits per heavy atom. The van der Waals surface area contributed by atoms with Crippen LogP contribution >= 0.6 is 0 Å². The lowest BCUT2D eigenvalue weighted by atomic mass is 9.77. The molecule has 0 spiro atoms. The van der Waals surface area contributed by atoms with Gasteiger partial charge >= 0.3 is 0 Å². The van der Waals surface area contributed by atoms with Crippen LogP contribution in [-0.2, 0) is 5.41 Å². The third-order valence-electron chi connectivity index (χ3n) is 10.8. The smallest absolute Gasteiger partial charge is 0.0462 e. The summed E-state index contributed by atoms with van der Waals surface area (Å²) in [4.78, 5) is 2.35. The molecule has 9 rings (SSSR count). The Labute approximate surface area is 306 Å². The van der Waals surface area contributed by atoms with Crippen molar-refractivity contribution in [2.45, 2.75) is 19.3 Å². The summed E-state index contributed by atoms with van der Waals surface area (Å²) < 4.78 is 0. The number of rotatable bonds is 7. The highest BCUT2D eigenvalue weighted by molar-refractivity contribution is 6.25. The van der Waals surface area contributed by atoms with Crippen molar-refractivity contribution in [3.63, 3.8) is 0 Å². The third-order valence-corrected chi connectivity index (χ3v) is 10.8. The van der Waals surface area contributed by atoms with Crippen LogP contribution in [0.1, 0.15) is 25.0 Å². The van der Waals surface area contributed by atoms with Crippen molar-refractivity contribution >= 4 is 49.4 Å². The van der Waals surface area contributed by atoms with Crippen LogP contribution in [0.15, 0.2) is 200 Å². The molecule has 0 N–H and O–H groups in total. The number of anilines is 3. The Balaban J connectivity index is 1.10. The van der Waals surface area contributed by atoms with E-state index >= 15 is 0 Å². The van der Waals surface area contributed by atoms with Crippen LogP contribution in [-0.4, -0.2) is 0 Å². The molecule has 52 heavy (non-hydrogen) atoms. The number of hydrogen-bond donors (Lipinski definition) is 0. The fraction of sp³-hybridized carbons (Fsp3) is 0.0588. The Morgan fingerprint density at radius 2 is 0.615 bits per heavy atom. The minimum Gasteiger partial charge on any atom is -0.311 e. The highest BCUT2D eigenvalue weighted by Gasteiger charge is 2.25. The Morgan fingerprint density at radius 1 is 0.288 bits per heavy atom. The predicted octanol–water partition coefficient (Wildman–Crippen LogP) is 14.3. The van der Waals surface area contributed by atoms with Crippen LogP contribution in [0.25, 0.3) is 54.6 Å². The number of benzene rings is 9. The van der Waals surface area contributed by atoms with Gasteiger partial charge in [-0.3, -0.25) is 0 Å². The molecule has 0 aliphatic rings. The zero-order chi connectivity index (χ0) is 35.1.